The molecule has 0 aliphatic carbocycles. The van der Waals surface area contributed by atoms with E-state index in [2.05, 4.69) is 20.6 Å². The van der Waals surface area contributed by atoms with Crippen LogP contribution in [-0.2, 0) is 24.4 Å². The number of aromatic nitrogens is 2. The summed E-state index contributed by atoms with van der Waals surface area (Å²) in [5, 5.41) is 24.9. The van der Waals surface area contributed by atoms with Gasteiger partial charge in [-0.1, -0.05) is 42.5 Å². The van der Waals surface area contributed by atoms with Crippen molar-refractivity contribution in [3.63, 3.8) is 0 Å². The second-order valence-electron chi connectivity index (χ2n) is 6.61. The number of carbonyl (C=O) groups is 2. The van der Waals surface area contributed by atoms with Gasteiger partial charge in [0.25, 0.3) is 11.8 Å². The lowest BCUT2D eigenvalue weighted by molar-refractivity contribution is 0.0941. The van der Waals surface area contributed by atoms with E-state index in [0.717, 1.165) is 11.1 Å². The maximum absolute atomic E-state index is 12.5. The van der Waals surface area contributed by atoms with Gasteiger partial charge < -0.3 is 30.3 Å². The molecular formula is C22H22N4O6. The summed E-state index contributed by atoms with van der Waals surface area (Å²) in [5.41, 5.74) is 1.16. The van der Waals surface area contributed by atoms with Crippen molar-refractivity contribution in [3.05, 3.63) is 77.2 Å². The van der Waals surface area contributed by atoms with Gasteiger partial charge in [0.1, 0.15) is 12.4 Å². The van der Waals surface area contributed by atoms with Gasteiger partial charge in [-0.2, -0.15) is 4.98 Å². The van der Waals surface area contributed by atoms with Crippen molar-refractivity contribution in [2.75, 3.05) is 7.11 Å². The highest BCUT2D eigenvalue weighted by Crippen LogP contribution is 2.25. The monoisotopic (exact) mass is 438 g/mol. The van der Waals surface area contributed by atoms with Crippen molar-refractivity contribution in [1.82, 2.24) is 20.6 Å². The first kappa shape index (κ1) is 22.3. The van der Waals surface area contributed by atoms with Gasteiger partial charge in [0, 0.05) is 6.54 Å². The van der Waals surface area contributed by atoms with Crippen LogP contribution in [0.15, 0.2) is 54.6 Å². The fourth-order valence-electron chi connectivity index (χ4n) is 2.70. The van der Waals surface area contributed by atoms with Crippen LogP contribution in [0.3, 0.4) is 0 Å². The first-order chi connectivity index (χ1) is 15.5. The average Bonchev–Trinajstić information content (AvgIpc) is 2.82. The number of alkyl carbamates (subject to hydrolysis) is 1. The number of rotatable bonds is 8. The summed E-state index contributed by atoms with van der Waals surface area (Å²) < 4.78 is 10.2. The zero-order chi connectivity index (χ0) is 22.9. The molecule has 0 radical (unpaired) electrons. The van der Waals surface area contributed by atoms with E-state index in [9.17, 15) is 19.8 Å². The van der Waals surface area contributed by atoms with Gasteiger partial charge in [0.05, 0.1) is 13.7 Å². The summed E-state index contributed by atoms with van der Waals surface area (Å²) in [5.74, 6) is -1.71. The average molecular weight is 438 g/mol. The number of nitrogens with one attached hydrogen (secondary N) is 2. The minimum absolute atomic E-state index is 0.0757. The van der Waals surface area contributed by atoms with Crippen LogP contribution in [0.1, 0.15) is 27.4 Å². The van der Waals surface area contributed by atoms with E-state index >= 15 is 0 Å². The number of carbonyl (C=O) groups excluding carboxylic acids is 2. The van der Waals surface area contributed by atoms with Crippen molar-refractivity contribution < 1.29 is 29.3 Å². The van der Waals surface area contributed by atoms with Gasteiger partial charge in [-0.15, -0.1) is 0 Å². The summed E-state index contributed by atoms with van der Waals surface area (Å²) in [6, 6.07) is 16.2. The Labute approximate surface area is 183 Å². The van der Waals surface area contributed by atoms with Crippen LogP contribution in [0.5, 0.6) is 17.4 Å². The molecule has 3 rings (SSSR count). The van der Waals surface area contributed by atoms with Crippen molar-refractivity contribution in [2.24, 2.45) is 0 Å². The second kappa shape index (κ2) is 10.6. The number of aromatic hydroxyl groups is 2. The molecular weight excluding hydrogens is 416 g/mol. The van der Waals surface area contributed by atoms with Crippen LogP contribution in [0.4, 0.5) is 4.79 Å². The van der Waals surface area contributed by atoms with Crippen LogP contribution in [0, 0.1) is 0 Å². The molecule has 0 saturated heterocycles. The van der Waals surface area contributed by atoms with Gasteiger partial charge in [0.15, 0.2) is 11.5 Å². The number of hydrogen-bond acceptors (Lipinski definition) is 8. The first-order valence-corrected chi connectivity index (χ1v) is 9.60. The van der Waals surface area contributed by atoms with Crippen LogP contribution in [0.25, 0.3) is 0 Å². The Kier molecular flexibility index (Phi) is 7.42. The van der Waals surface area contributed by atoms with E-state index in [1.54, 1.807) is 24.3 Å². The topological polar surface area (TPSA) is 143 Å². The molecule has 0 aliphatic rings. The number of hydrogen-bond donors (Lipinski definition) is 4. The summed E-state index contributed by atoms with van der Waals surface area (Å²) in [7, 11) is 1.53. The lowest BCUT2D eigenvalue weighted by Crippen LogP contribution is -2.27. The molecule has 0 saturated carbocycles. The lowest BCUT2D eigenvalue weighted by Gasteiger charge is -2.10. The Morgan fingerprint density at radius 3 is 2.44 bits per heavy atom. The van der Waals surface area contributed by atoms with E-state index in [4.69, 9.17) is 9.47 Å². The summed E-state index contributed by atoms with van der Waals surface area (Å²) >= 11 is 0. The van der Waals surface area contributed by atoms with E-state index in [1.807, 2.05) is 30.3 Å². The molecule has 2 amide bonds. The zero-order valence-electron chi connectivity index (χ0n) is 17.2. The third-order valence-corrected chi connectivity index (χ3v) is 4.32. The number of nitrogens with zero attached hydrogens (tertiary/aromatic N) is 2. The van der Waals surface area contributed by atoms with Gasteiger partial charge in [-0.05, 0) is 23.3 Å². The molecule has 1 heterocycles. The maximum Gasteiger partial charge on any atom is 0.407 e. The van der Waals surface area contributed by atoms with Crippen LogP contribution < -0.4 is 15.4 Å². The molecule has 10 nitrogen and oxygen atoms in total. The standard InChI is InChI=1S/C22H22N4O6/c1-31-16-9-5-8-15(10-16)11-23-20(28)18-19(27)21(29)26-17(25-18)12-24-22(30)32-13-14-6-3-2-4-7-14/h2-10,27H,11-13H2,1H3,(H,23,28)(H,24,30)(H,25,26,29). The molecule has 0 bridgehead atoms. The highest BCUT2D eigenvalue weighted by molar-refractivity contribution is 5.95. The largest absolute Gasteiger partial charge is 0.501 e. The molecule has 3 aromatic rings. The zero-order valence-corrected chi connectivity index (χ0v) is 17.2. The Hall–Kier alpha value is -4.34. The predicted molar refractivity (Wildman–Crippen MR) is 113 cm³/mol. The Morgan fingerprint density at radius 2 is 1.69 bits per heavy atom. The molecule has 0 spiro atoms. The summed E-state index contributed by atoms with van der Waals surface area (Å²) in [6.07, 6.45) is -0.728. The van der Waals surface area contributed by atoms with Crippen molar-refractivity contribution in [1.29, 1.82) is 0 Å². The Morgan fingerprint density at radius 1 is 0.938 bits per heavy atom. The maximum atomic E-state index is 12.5. The normalized spacial score (nSPS) is 10.3. The van der Waals surface area contributed by atoms with Crippen LogP contribution >= 0.6 is 0 Å². The number of amides is 2. The highest BCUT2D eigenvalue weighted by atomic mass is 16.5. The molecule has 166 valence electrons. The molecule has 0 fully saturated rings. The molecule has 2 aromatic carbocycles. The predicted octanol–water partition coefficient (Wildman–Crippen LogP) is 2.25. The van der Waals surface area contributed by atoms with Gasteiger partial charge in [-0.3, -0.25) is 4.79 Å². The van der Waals surface area contributed by atoms with E-state index < -0.39 is 29.3 Å². The van der Waals surface area contributed by atoms with Gasteiger partial charge in [-0.25, -0.2) is 9.78 Å². The number of benzene rings is 2. The second-order valence-corrected chi connectivity index (χ2v) is 6.61. The molecule has 0 aliphatic heterocycles. The molecule has 4 N–H and O–H groups in total. The van der Waals surface area contributed by atoms with Crippen LogP contribution in [0.2, 0.25) is 0 Å². The van der Waals surface area contributed by atoms with Crippen LogP contribution in [-0.4, -0.2) is 39.3 Å². The SMILES string of the molecule is COc1cccc(CNC(=O)c2nc(CNC(=O)OCc3ccccc3)nc(O)c2O)c1. The molecule has 32 heavy (non-hydrogen) atoms. The molecule has 10 heteroatoms. The van der Waals surface area contributed by atoms with Gasteiger partial charge in [0.2, 0.25) is 5.75 Å². The van der Waals surface area contributed by atoms with Crippen molar-refractivity contribution in [2.45, 2.75) is 19.7 Å². The molecule has 0 atom stereocenters. The quantitative estimate of drug-likeness (QED) is 0.419. The molecule has 0 unspecified atom stereocenters. The Balaban J connectivity index is 1.59. The van der Waals surface area contributed by atoms with Crippen molar-refractivity contribution >= 4 is 12.0 Å². The highest BCUT2D eigenvalue weighted by Gasteiger charge is 2.20. The molecule has 1 aromatic heterocycles. The summed E-state index contributed by atoms with van der Waals surface area (Å²) in [4.78, 5) is 32.0. The number of methoxy groups -OCH3 is 1. The fraction of sp³-hybridized carbons (Fsp3) is 0.182. The van der Waals surface area contributed by atoms with E-state index in [1.165, 1.54) is 7.11 Å². The van der Waals surface area contributed by atoms with Gasteiger partial charge >= 0.3 is 6.09 Å². The lowest BCUT2D eigenvalue weighted by atomic mass is 10.2. The smallest absolute Gasteiger partial charge is 0.407 e. The summed E-state index contributed by atoms with van der Waals surface area (Å²) in [6.45, 7) is -0.0104. The minimum Gasteiger partial charge on any atom is -0.501 e. The Bertz CT molecular complexity index is 1090. The third-order valence-electron chi connectivity index (χ3n) is 4.32. The minimum atomic E-state index is -0.777. The van der Waals surface area contributed by atoms with Crippen molar-refractivity contribution in [3.8, 4) is 17.4 Å². The van der Waals surface area contributed by atoms with E-state index in [-0.39, 0.29) is 25.5 Å². The first-order valence-electron chi connectivity index (χ1n) is 9.60. The third kappa shape index (κ3) is 6.08. The number of ether oxygens (including phenoxy) is 2. The van der Waals surface area contributed by atoms with E-state index in [0.29, 0.717) is 5.75 Å². The fourth-order valence-corrected chi connectivity index (χ4v) is 2.70.